The Morgan fingerprint density at radius 3 is 2.20 bits per heavy atom. The van der Waals surface area contributed by atoms with Gasteiger partial charge in [-0.15, -0.1) is 0 Å². The Morgan fingerprint density at radius 1 is 1.40 bits per heavy atom. The molecule has 1 aliphatic rings. The van der Waals surface area contributed by atoms with E-state index in [4.69, 9.17) is 4.74 Å². The lowest BCUT2D eigenvalue weighted by Gasteiger charge is -2.14. The molecule has 0 amide bonds. The summed E-state index contributed by atoms with van der Waals surface area (Å²) < 4.78 is 5.35. The van der Waals surface area contributed by atoms with Gasteiger partial charge in [0.05, 0.1) is 6.10 Å². The Hall–Kier alpha value is -0.300. The fourth-order valence-electron chi connectivity index (χ4n) is 1.83. The van der Waals surface area contributed by atoms with Crippen LogP contribution in [0.1, 0.15) is 27.2 Å². The van der Waals surface area contributed by atoms with E-state index in [0.717, 1.165) is 0 Å². The number of rotatable bonds is 1. The van der Waals surface area contributed by atoms with E-state index in [1.165, 1.54) is 17.6 Å². The van der Waals surface area contributed by atoms with Gasteiger partial charge in [0.2, 0.25) is 0 Å². The second-order valence-electron chi connectivity index (χ2n) is 3.30. The third-order valence-corrected chi connectivity index (χ3v) is 2.50. The number of methoxy groups -OCH3 is 1. The van der Waals surface area contributed by atoms with Crippen LogP contribution in [0.5, 0.6) is 0 Å². The lowest BCUT2D eigenvalue weighted by molar-refractivity contribution is 0.0977. The summed E-state index contributed by atoms with van der Waals surface area (Å²) >= 11 is 0. The zero-order valence-electron chi connectivity index (χ0n) is 7.27. The van der Waals surface area contributed by atoms with Gasteiger partial charge in [0.1, 0.15) is 0 Å². The van der Waals surface area contributed by atoms with Gasteiger partial charge in [0, 0.05) is 7.11 Å². The normalized spacial score (nSPS) is 33.6. The zero-order chi connectivity index (χ0) is 7.72. The molecule has 1 rings (SSSR count). The Morgan fingerprint density at radius 2 is 2.00 bits per heavy atom. The molecule has 0 aromatic rings. The van der Waals surface area contributed by atoms with Crippen molar-refractivity contribution in [1.82, 2.24) is 0 Å². The summed E-state index contributed by atoms with van der Waals surface area (Å²) in [6.45, 7) is 6.62. The van der Waals surface area contributed by atoms with Crippen molar-refractivity contribution in [3.05, 3.63) is 11.1 Å². The van der Waals surface area contributed by atoms with Gasteiger partial charge in [-0.1, -0.05) is 12.5 Å². The molecule has 0 radical (unpaired) electrons. The molecular formula is C9H16O. The highest BCUT2D eigenvalue weighted by Gasteiger charge is 2.26. The Bertz CT molecular complexity index is 158. The van der Waals surface area contributed by atoms with E-state index in [1.807, 2.05) is 0 Å². The average Bonchev–Trinajstić information content (AvgIpc) is 2.09. The fraction of sp³-hybridized carbons (Fsp3) is 0.778. The molecule has 1 heteroatoms. The molecule has 0 saturated heterocycles. The van der Waals surface area contributed by atoms with Crippen LogP contribution < -0.4 is 0 Å². The van der Waals surface area contributed by atoms with Gasteiger partial charge in [-0.25, -0.2) is 0 Å². The van der Waals surface area contributed by atoms with Crippen molar-refractivity contribution >= 4 is 0 Å². The molecule has 0 aromatic heterocycles. The van der Waals surface area contributed by atoms with Crippen LogP contribution >= 0.6 is 0 Å². The number of hydrogen-bond donors (Lipinski definition) is 0. The van der Waals surface area contributed by atoms with Gasteiger partial charge in [-0.3, -0.25) is 0 Å². The highest BCUT2D eigenvalue weighted by atomic mass is 16.5. The zero-order valence-corrected chi connectivity index (χ0v) is 7.27. The quantitative estimate of drug-likeness (QED) is 0.508. The third-order valence-electron chi connectivity index (χ3n) is 2.50. The van der Waals surface area contributed by atoms with Gasteiger partial charge in [-0.05, 0) is 31.8 Å². The van der Waals surface area contributed by atoms with E-state index in [-0.39, 0.29) is 0 Å². The summed E-state index contributed by atoms with van der Waals surface area (Å²) in [5.41, 5.74) is 2.95. The van der Waals surface area contributed by atoms with Gasteiger partial charge in [0.25, 0.3) is 0 Å². The molecule has 0 aliphatic heterocycles. The van der Waals surface area contributed by atoms with Crippen LogP contribution in [0.4, 0.5) is 0 Å². The summed E-state index contributed by atoms with van der Waals surface area (Å²) in [5.74, 6) is 0.685. The molecule has 2 atom stereocenters. The molecule has 0 saturated carbocycles. The van der Waals surface area contributed by atoms with E-state index < -0.39 is 0 Å². The minimum Gasteiger partial charge on any atom is -0.377 e. The first-order chi connectivity index (χ1) is 4.66. The van der Waals surface area contributed by atoms with Crippen LogP contribution in [0.25, 0.3) is 0 Å². The molecule has 0 N–H and O–H groups in total. The molecule has 0 heterocycles. The maximum Gasteiger partial charge on any atom is 0.0809 e. The second-order valence-corrected chi connectivity index (χ2v) is 3.30. The Labute approximate surface area is 63.1 Å². The van der Waals surface area contributed by atoms with Crippen molar-refractivity contribution in [2.45, 2.75) is 33.3 Å². The smallest absolute Gasteiger partial charge is 0.0809 e. The van der Waals surface area contributed by atoms with Crippen LogP contribution in [0.15, 0.2) is 11.1 Å². The fourth-order valence-corrected chi connectivity index (χ4v) is 1.83. The van der Waals surface area contributed by atoms with Crippen molar-refractivity contribution < 1.29 is 4.74 Å². The van der Waals surface area contributed by atoms with E-state index in [1.54, 1.807) is 7.11 Å². The lowest BCUT2D eigenvalue weighted by Crippen LogP contribution is -2.15. The number of hydrogen-bond acceptors (Lipinski definition) is 1. The molecule has 1 nitrogen and oxygen atoms in total. The Balaban J connectivity index is 2.72. The second kappa shape index (κ2) is 2.75. The molecular weight excluding hydrogens is 124 g/mol. The van der Waals surface area contributed by atoms with Crippen LogP contribution in [-0.4, -0.2) is 13.2 Å². The molecule has 0 spiro atoms. The van der Waals surface area contributed by atoms with Crippen molar-refractivity contribution in [3.8, 4) is 0 Å². The third kappa shape index (κ3) is 1.10. The summed E-state index contributed by atoms with van der Waals surface area (Å²) in [4.78, 5) is 0. The highest BCUT2D eigenvalue weighted by Crippen LogP contribution is 2.32. The topological polar surface area (TPSA) is 9.23 Å². The van der Waals surface area contributed by atoms with Gasteiger partial charge in [0.15, 0.2) is 0 Å². The number of allylic oxidation sites excluding steroid dienone is 1. The van der Waals surface area contributed by atoms with Crippen molar-refractivity contribution in [3.63, 3.8) is 0 Å². The van der Waals surface area contributed by atoms with Gasteiger partial charge >= 0.3 is 0 Å². The van der Waals surface area contributed by atoms with E-state index in [0.29, 0.717) is 12.0 Å². The molecule has 1 aliphatic carbocycles. The number of ether oxygens (including phenoxy) is 1. The minimum absolute atomic E-state index is 0.389. The average molecular weight is 140 g/mol. The molecule has 58 valence electrons. The summed E-state index contributed by atoms with van der Waals surface area (Å²) in [6.07, 6.45) is 1.60. The maximum absolute atomic E-state index is 5.35. The van der Waals surface area contributed by atoms with Crippen molar-refractivity contribution in [2.75, 3.05) is 7.11 Å². The molecule has 0 fully saturated rings. The van der Waals surface area contributed by atoms with E-state index in [2.05, 4.69) is 20.8 Å². The standard InChI is InChI=1S/C9H16O/c1-6-5-7(2)9(10-4)8(6)3/h7,9H,5H2,1-4H3/t7?,9-/m1/s1. The van der Waals surface area contributed by atoms with E-state index >= 15 is 0 Å². The first kappa shape index (κ1) is 7.80. The molecule has 0 bridgehead atoms. The van der Waals surface area contributed by atoms with Crippen molar-refractivity contribution in [2.24, 2.45) is 5.92 Å². The van der Waals surface area contributed by atoms with Crippen LogP contribution in [-0.2, 0) is 4.74 Å². The minimum atomic E-state index is 0.389. The molecule has 1 unspecified atom stereocenters. The van der Waals surface area contributed by atoms with Crippen LogP contribution in [0, 0.1) is 5.92 Å². The predicted octanol–water partition coefficient (Wildman–Crippen LogP) is 2.38. The van der Waals surface area contributed by atoms with Crippen LogP contribution in [0.3, 0.4) is 0 Å². The Kier molecular flexibility index (Phi) is 2.14. The molecule has 10 heavy (non-hydrogen) atoms. The van der Waals surface area contributed by atoms with Crippen LogP contribution in [0.2, 0.25) is 0 Å². The summed E-state index contributed by atoms with van der Waals surface area (Å²) in [7, 11) is 1.79. The monoisotopic (exact) mass is 140 g/mol. The lowest BCUT2D eigenvalue weighted by atomic mass is 10.1. The molecule has 0 aromatic carbocycles. The predicted molar refractivity (Wildman–Crippen MR) is 43.0 cm³/mol. The van der Waals surface area contributed by atoms with E-state index in [9.17, 15) is 0 Å². The highest BCUT2D eigenvalue weighted by molar-refractivity contribution is 5.22. The van der Waals surface area contributed by atoms with Crippen molar-refractivity contribution in [1.29, 1.82) is 0 Å². The maximum atomic E-state index is 5.35. The summed E-state index contributed by atoms with van der Waals surface area (Å²) in [5, 5.41) is 0. The van der Waals surface area contributed by atoms with Gasteiger partial charge < -0.3 is 4.74 Å². The summed E-state index contributed by atoms with van der Waals surface area (Å²) in [6, 6.07) is 0. The first-order valence-corrected chi connectivity index (χ1v) is 3.86. The largest absolute Gasteiger partial charge is 0.377 e. The van der Waals surface area contributed by atoms with Gasteiger partial charge in [-0.2, -0.15) is 0 Å². The SMILES string of the molecule is CO[C@H]1C(C)=C(C)CC1C. The first-order valence-electron chi connectivity index (χ1n) is 3.86.